The summed E-state index contributed by atoms with van der Waals surface area (Å²) in [6, 6.07) is 0. The van der Waals surface area contributed by atoms with Crippen LogP contribution in [0.2, 0.25) is 0 Å². The first-order chi connectivity index (χ1) is 5.38. The Morgan fingerprint density at radius 2 is 2.08 bits per heavy atom. The van der Waals surface area contributed by atoms with E-state index < -0.39 is 18.1 Å². The topological polar surface area (TPSA) is 37.3 Å². The number of hydrogen-bond donors (Lipinski definition) is 1. The first kappa shape index (κ1) is 11.0. The predicted octanol–water partition coefficient (Wildman–Crippen LogP) is 2.22. The van der Waals surface area contributed by atoms with Crippen LogP contribution >= 0.6 is 0 Å². The quantitative estimate of drug-likeness (QED) is 0.679. The molecule has 0 aliphatic carbocycles. The maximum absolute atomic E-state index is 11.9. The number of alkyl halides is 3. The van der Waals surface area contributed by atoms with Crippen LogP contribution in [0.15, 0.2) is 12.2 Å². The van der Waals surface area contributed by atoms with Crippen LogP contribution in [0.1, 0.15) is 13.3 Å². The van der Waals surface area contributed by atoms with E-state index in [9.17, 15) is 18.0 Å². The zero-order valence-electron chi connectivity index (χ0n) is 6.43. The van der Waals surface area contributed by atoms with E-state index in [-0.39, 0.29) is 6.42 Å². The van der Waals surface area contributed by atoms with Gasteiger partial charge in [-0.25, -0.2) is 4.79 Å². The summed E-state index contributed by atoms with van der Waals surface area (Å²) in [4.78, 5) is 9.89. The zero-order chi connectivity index (χ0) is 9.78. The predicted molar refractivity (Wildman–Crippen MR) is 36.6 cm³/mol. The highest BCUT2D eigenvalue weighted by molar-refractivity contribution is 5.79. The van der Waals surface area contributed by atoms with Gasteiger partial charge in [-0.3, -0.25) is 0 Å². The normalized spacial score (nSPS) is 15.0. The SMILES string of the molecule is CCC(/C=C/C(=O)O)C(F)(F)F. The smallest absolute Gasteiger partial charge is 0.395 e. The molecule has 0 saturated heterocycles. The van der Waals surface area contributed by atoms with Gasteiger partial charge >= 0.3 is 12.1 Å². The van der Waals surface area contributed by atoms with Crippen LogP contribution in [-0.2, 0) is 4.79 Å². The third kappa shape index (κ3) is 4.00. The van der Waals surface area contributed by atoms with Crippen LogP contribution < -0.4 is 0 Å². The Kier molecular flexibility index (Phi) is 3.79. The van der Waals surface area contributed by atoms with Crippen LogP contribution in [-0.4, -0.2) is 17.3 Å². The van der Waals surface area contributed by atoms with Crippen LogP contribution in [0.5, 0.6) is 0 Å². The third-order valence-corrected chi connectivity index (χ3v) is 1.33. The van der Waals surface area contributed by atoms with E-state index in [1.54, 1.807) is 0 Å². The molecular weight excluding hydrogens is 173 g/mol. The molecule has 0 saturated carbocycles. The average molecular weight is 182 g/mol. The van der Waals surface area contributed by atoms with E-state index in [0.29, 0.717) is 12.2 Å². The molecular formula is C7H9F3O2. The van der Waals surface area contributed by atoms with E-state index in [4.69, 9.17) is 5.11 Å². The van der Waals surface area contributed by atoms with Gasteiger partial charge < -0.3 is 5.11 Å². The van der Waals surface area contributed by atoms with Crippen molar-refractivity contribution in [2.45, 2.75) is 19.5 Å². The number of rotatable bonds is 3. The lowest BCUT2D eigenvalue weighted by Crippen LogP contribution is -2.20. The highest BCUT2D eigenvalue weighted by Crippen LogP contribution is 2.29. The Morgan fingerprint density at radius 3 is 2.33 bits per heavy atom. The Hall–Kier alpha value is -1.00. The molecule has 5 heteroatoms. The Bertz CT molecular complexity index is 184. The second-order valence-electron chi connectivity index (χ2n) is 2.25. The molecule has 1 atom stereocenters. The summed E-state index contributed by atoms with van der Waals surface area (Å²) in [6.45, 7) is 1.35. The molecule has 0 amide bonds. The fraction of sp³-hybridized carbons (Fsp3) is 0.571. The monoisotopic (exact) mass is 182 g/mol. The van der Waals surface area contributed by atoms with Crippen molar-refractivity contribution in [3.8, 4) is 0 Å². The summed E-state index contributed by atoms with van der Waals surface area (Å²) >= 11 is 0. The first-order valence-electron chi connectivity index (χ1n) is 3.35. The molecule has 0 rings (SSSR count). The van der Waals surface area contributed by atoms with Crippen molar-refractivity contribution in [1.82, 2.24) is 0 Å². The maximum atomic E-state index is 11.9. The molecule has 0 spiro atoms. The van der Waals surface area contributed by atoms with Crippen molar-refractivity contribution in [2.75, 3.05) is 0 Å². The minimum Gasteiger partial charge on any atom is -0.478 e. The largest absolute Gasteiger partial charge is 0.478 e. The van der Waals surface area contributed by atoms with Gasteiger partial charge in [-0.05, 0) is 6.42 Å². The molecule has 0 aromatic carbocycles. The summed E-state index contributed by atoms with van der Waals surface area (Å²) < 4.78 is 35.8. The highest BCUT2D eigenvalue weighted by atomic mass is 19.4. The van der Waals surface area contributed by atoms with Gasteiger partial charge in [0.05, 0.1) is 5.92 Å². The lowest BCUT2D eigenvalue weighted by Gasteiger charge is -2.13. The van der Waals surface area contributed by atoms with E-state index in [1.807, 2.05) is 0 Å². The van der Waals surface area contributed by atoms with Crippen molar-refractivity contribution in [3.05, 3.63) is 12.2 Å². The number of aliphatic carboxylic acids is 1. The van der Waals surface area contributed by atoms with E-state index >= 15 is 0 Å². The van der Waals surface area contributed by atoms with Gasteiger partial charge in [0.15, 0.2) is 0 Å². The molecule has 0 aromatic heterocycles. The molecule has 0 radical (unpaired) electrons. The fourth-order valence-corrected chi connectivity index (χ4v) is 0.675. The van der Waals surface area contributed by atoms with Gasteiger partial charge in [-0.15, -0.1) is 0 Å². The van der Waals surface area contributed by atoms with Crippen LogP contribution in [0, 0.1) is 5.92 Å². The second-order valence-corrected chi connectivity index (χ2v) is 2.25. The van der Waals surface area contributed by atoms with Crippen molar-refractivity contribution < 1.29 is 23.1 Å². The summed E-state index contributed by atoms with van der Waals surface area (Å²) in [5, 5.41) is 8.07. The van der Waals surface area contributed by atoms with E-state index in [0.717, 1.165) is 0 Å². The minimum atomic E-state index is -4.35. The summed E-state index contributed by atoms with van der Waals surface area (Å²) in [5.41, 5.74) is 0. The van der Waals surface area contributed by atoms with Crippen LogP contribution in [0.25, 0.3) is 0 Å². The zero-order valence-corrected chi connectivity index (χ0v) is 6.43. The number of allylic oxidation sites excluding steroid dienone is 1. The lowest BCUT2D eigenvalue weighted by molar-refractivity contribution is -0.161. The minimum absolute atomic E-state index is 0.146. The van der Waals surface area contributed by atoms with Crippen molar-refractivity contribution in [1.29, 1.82) is 0 Å². The fourth-order valence-electron chi connectivity index (χ4n) is 0.675. The molecule has 1 N–H and O–H groups in total. The third-order valence-electron chi connectivity index (χ3n) is 1.33. The lowest BCUT2D eigenvalue weighted by atomic mass is 10.1. The highest BCUT2D eigenvalue weighted by Gasteiger charge is 2.36. The molecule has 0 aliphatic heterocycles. The van der Waals surface area contributed by atoms with Gasteiger partial charge in [0, 0.05) is 6.08 Å². The standard InChI is InChI=1S/C7H9F3O2/c1-2-5(7(8,9)10)3-4-6(11)12/h3-5H,2H2,1H3,(H,11,12)/b4-3+. The van der Waals surface area contributed by atoms with Crippen molar-refractivity contribution >= 4 is 5.97 Å². The van der Waals surface area contributed by atoms with Gasteiger partial charge in [0.2, 0.25) is 0 Å². The number of carboxylic acid groups (broad SMARTS) is 1. The molecule has 1 unspecified atom stereocenters. The maximum Gasteiger partial charge on any atom is 0.395 e. The van der Waals surface area contributed by atoms with Gasteiger partial charge in [0.25, 0.3) is 0 Å². The van der Waals surface area contributed by atoms with Crippen LogP contribution in [0.3, 0.4) is 0 Å². The van der Waals surface area contributed by atoms with E-state index in [2.05, 4.69) is 0 Å². The first-order valence-corrected chi connectivity index (χ1v) is 3.35. The van der Waals surface area contributed by atoms with Crippen molar-refractivity contribution in [2.24, 2.45) is 5.92 Å². The second kappa shape index (κ2) is 4.13. The molecule has 2 nitrogen and oxygen atoms in total. The average Bonchev–Trinajstić information content (AvgIpc) is 1.85. The number of carboxylic acids is 1. The van der Waals surface area contributed by atoms with E-state index in [1.165, 1.54) is 6.92 Å². The number of hydrogen-bond acceptors (Lipinski definition) is 1. The molecule has 0 heterocycles. The molecule has 0 aromatic rings. The van der Waals surface area contributed by atoms with Gasteiger partial charge in [0.1, 0.15) is 0 Å². The molecule has 0 fully saturated rings. The molecule has 0 bridgehead atoms. The Balaban J connectivity index is 4.28. The summed E-state index contributed by atoms with van der Waals surface area (Å²) in [6.07, 6.45) is -3.32. The van der Waals surface area contributed by atoms with Crippen LogP contribution in [0.4, 0.5) is 13.2 Å². The van der Waals surface area contributed by atoms with Gasteiger partial charge in [-0.2, -0.15) is 13.2 Å². The Labute approximate surface area is 67.7 Å². The van der Waals surface area contributed by atoms with Crippen molar-refractivity contribution in [3.63, 3.8) is 0 Å². The molecule has 0 aliphatic rings. The molecule has 70 valence electrons. The Morgan fingerprint density at radius 1 is 1.58 bits per heavy atom. The summed E-state index contributed by atoms with van der Waals surface area (Å²) in [7, 11) is 0. The number of halogens is 3. The summed E-state index contributed by atoms with van der Waals surface area (Å²) in [5.74, 6) is -3.02. The van der Waals surface area contributed by atoms with Gasteiger partial charge in [-0.1, -0.05) is 13.0 Å². The number of carbonyl (C=O) groups is 1. The molecule has 12 heavy (non-hydrogen) atoms.